The van der Waals surface area contributed by atoms with Crippen molar-refractivity contribution in [3.63, 3.8) is 0 Å². The van der Waals surface area contributed by atoms with Crippen molar-refractivity contribution in [2.24, 2.45) is 5.11 Å². The van der Waals surface area contributed by atoms with Crippen LogP contribution in [0.15, 0.2) is 95.8 Å². The van der Waals surface area contributed by atoms with Crippen molar-refractivity contribution in [3.05, 3.63) is 119 Å². The van der Waals surface area contributed by atoms with Crippen molar-refractivity contribution in [1.82, 2.24) is 4.90 Å². The van der Waals surface area contributed by atoms with Crippen LogP contribution in [-0.2, 0) is 11.2 Å². The zero-order valence-corrected chi connectivity index (χ0v) is 24.5. The molecule has 0 unspecified atom stereocenters. The maximum Gasteiger partial charge on any atom is 0.291 e. The van der Waals surface area contributed by atoms with Crippen molar-refractivity contribution >= 4 is 28.7 Å². The van der Waals surface area contributed by atoms with E-state index in [0.29, 0.717) is 22.6 Å². The van der Waals surface area contributed by atoms with E-state index in [0.717, 1.165) is 41.9 Å². The molecule has 0 bridgehead atoms. The summed E-state index contributed by atoms with van der Waals surface area (Å²) < 4.78 is 5.69. The molecule has 216 valence electrons. The molecule has 0 spiro atoms. The maximum atomic E-state index is 12.7. The molecular formula is C34H38N6O2. The van der Waals surface area contributed by atoms with E-state index in [-0.39, 0.29) is 11.6 Å². The molecule has 5 N–H and O–H groups in total. The highest BCUT2D eigenvalue weighted by Gasteiger charge is 2.22. The number of aryl methyl sites for hydroxylation is 2. The minimum atomic E-state index is -0.456. The Morgan fingerprint density at radius 1 is 1.10 bits per heavy atom. The van der Waals surface area contributed by atoms with Gasteiger partial charge < -0.3 is 15.8 Å². The van der Waals surface area contributed by atoms with E-state index in [9.17, 15) is 4.79 Å². The Kier molecular flexibility index (Phi) is 9.83. The van der Waals surface area contributed by atoms with E-state index in [1.807, 2.05) is 44.2 Å². The molecule has 0 aliphatic carbocycles. The minimum Gasteiger partial charge on any atom is -0.451 e. The van der Waals surface area contributed by atoms with Crippen LogP contribution in [0.5, 0.6) is 5.75 Å². The number of fused-ring (bicyclic) bond motifs is 1. The van der Waals surface area contributed by atoms with Crippen molar-refractivity contribution < 1.29 is 9.53 Å². The highest BCUT2D eigenvalue weighted by molar-refractivity contribution is 6.10. The third-order valence-electron chi connectivity index (χ3n) is 7.34. The average molecular weight is 563 g/mol. The molecule has 0 aromatic heterocycles. The molecule has 8 nitrogen and oxygen atoms in total. The number of hydrogen-bond acceptors (Lipinski definition) is 6. The molecule has 3 aromatic rings. The number of hydrogen-bond donors (Lipinski definition) is 4. The third kappa shape index (κ3) is 7.67. The van der Waals surface area contributed by atoms with Gasteiger partial charge in [0.1, 0.15) is 5.75 Å². The number of nitrogens with zero attached hydrogens (tertiary/aromatic N) is 2. The summed E-state index contributed by atoms with van der Waals surface area (Å²) in [6, 6.07) is 19.1. The molecule has 2 aliphatic heterocycles. The van der Waals surface area contributed by atoms with E-state index in [4.69, 9.17) is 21.4 Å². The lowest BCUT2D eigenvalue weighted by Gasteiger charge is -2.25. The van der Waals surface area contributed by atoms with Crippen LogP contribution in [0, 0.1) is 24.8 Å². The van der Waals surface area contributed by atoms with Crippen LogP contribution in [0.2, 0.25) is 0 Å². The lowest BCUT2D eigenvalue weighted by atomic mass is 10.0. The topological polar surface area (TPSA) is 128 Å². The van der Waals surface area contributed by atoms with Crippen LogP contribution in [0.4, 0.5) is 11.4 Å². The maximum absolute atomic E-state index is 12.7. The molecule has 3 aromatic carbocycles. The molecular weight excluding hydrogens is 524 g/mol. The van der Waals surface area contributed by atoms with Crippen molar-refractivity contribution in [3.8, 4) is 5.75 Å². The fourth-order valence-corrected chi connectivity index (χ4v) is 4.83. The summed E-state index contributed by atoms with van der Waals surface area (Å²) in [5, 5.41) is 13.8. The van der Waals surface area contributed by atoms with Gasteiger partial charge in [-0.2, -0.15) is 0 Å². The number of amidine groups is 1. The van der Waals surface area contributed by atoms with E-state index in [1.54, 1.807) is 24.3 Å². The van der Waals surface area contributed by atoms with Gasteiger partial charge in [-0.15, -0.1) is 5.11 Å². The fraction of sp³-hybridized carbons (Fsp3) is 0.235. The summed E-state index contributed by atoms with van der Waals surface area (Å²) in [5.74, 6) is 0.00576. The monoisotopic (exact) mass is 562 g/mol. The van der Waals surface area contributed by atoms with Crippen molar-refractivity contribution in [2.75, 3.05) is 30.7 Å². The number of benzene rings is 3. The fourth-order valence-electron chi connectivity index (χ4n) is 4.83. The van der Waals surface area contributed by atoms with Gasteiger partial charge in [-0.05, 0) is 92.3 Å². The van der Waals surface area contributed by atoms with E-state index >= 15 is 0 Å². The van der Waals surface area contributed by atoms with Gasteiger partial charge in [-0.25, -0.2) is 5.53 Å². The lowest BCUT2D eigenvalue weighted by molar-refractivity contribution is -0.114. The molecule has 0 atom stereocenters. The summed E-state index contributed by atoms with van der Waals surface area (Å²) in [7, 11) is 0. The lowest BCUT2D eigenvalue weighted by Crippen LogP contribution is -2.31. The number of para-hydroxylation sites is 1. The number of carbonyl (C=O) groups is 1. The Morgan fingerprint density at radius 2 is 1.81 bits per heavy atom. The van der Waals surface area contributed by atoms with Crippen LogP contribution in [0.25, 0.3) is 5.57 Å². The number of carbonyl (C=O) groups excluding carboxylic acids is 1. The molecule has 8 heteroatoms. The first kappa shape index (κ1) is 30.1. The van der Waals surface area contributed by atoms with Gasteiger partial charge >= 0.3 is 0 Å². The third-order valence-corrected chi connectivity index (χ3v) is 7.34. The standard InChI is InChI=1S/C20H18N4O2.C14H20N2/c1-11-8-15(19(21)24-22)16(9-12(11)2)23-20(25)18-10-13(3)14-6-4-5-7-17(14)26-18;1-12-3-2-9-16(11-12)10-8-13-4-6-14(15)7-5-13/h4-10,21-22H,3H2,1-2H3,(H,23,25);3-7H,2,8-11,15H2,1H3. The number of ether oxygens (including phenoxy) is 1. The Morgan fingerprint density at radius 3 is 2.52 bits per heavy atom. The first-order chi connectivity index (χ1) is 20.1. The second-order valence-corrected chi connectivity index (χ2v) is 10.6. The Hall–Kier alpha value is -4.82. The van der Waals surface area contributed by atoms with Gasteiger partial charge in [0.05, 0.1) is 5.69 Å². The predicted octanol–water partition coefficient (Wildman–Crippen LogP) is 7.05. The normalized spacial score (nSPS) is 14.3. The number of amides is 1. The molecule has 0 saturated heterocycles. The van der Waals surface area contributed by atoms with Crippen LogP contribution in [0.1, 0.15) is 41.2 Å². The minimum absolute atomic E-state index is 0.118. The van der Waals surface area contributed by atoms with Crippen LogP contribution in [-0.4, -0.2) is 36.3 Å². The molecule has 0 saturated carbocycles. The Labute approximate surface area is 247 Å². The van der Waals surface area contributed by atoms with Crippen LogP contribution >= 0.6 is 0 Å². The molecule has 0 radical (unpaired) electrons. The highest BCUT2D eigenvalue weighted by Crippen LogP contribution is 2.33. The molecule has 0 fully saturated rings. The second kappa shape index (κ2) is 13.7. The summed E-state index contributed by atoms with van der Waals surface area (Å²) in [6.45, 7) is 13.5. The molecule has 1 amide bonds. The molecule has 42 heavy (non-hydrogen) atoms. The number of rotatable bonds is 6. The average Bonchev–Trinajstić information content (AvgIpc) is 2.98. The zero-order chi connectivity index (χ0) is 30.2. The summed E-state index contributed by atoms with van der Waals surface area (Å²) in [5.41, 5.74) is 20.7. The van der Waals surface area contributed by atoms with Crippen molar-refractivity contribution in [1.29, 1.82) is 10.9 Å². The number of nitrogens with two attached hydrogens (primary N) is 1. The first-order valence-electron chi connectivity index (χ1n) is 13.9. The number of nitrogens with one attached hydrogen (secondary N) is 3. The van der Waals surface area contributed by atoms with Gasteiger partial charge in [0.25, 0.3) is 5.91 Å². The molecule has 2 aliphatic rings. The van der Waals surface area contributed by atoms with Gasteiger partial charge in [0.2, 0.25) is 0 Å². The zero-order valence-electron chi connectivity index (χ0n) is 24.5. The molecule has 2 heterocycles. The SMILES string of the molecule is C=C1C=C(C(=O)Nc2cc(C)c(C)cc2C(=N)N=N)Oc2ccccc21.CC1=CCCN(CCc2ccc(N)cc2)C1. The van der Waals surface area contributed by atoms with Crippen molar-refractivity contribution in [2.45, 2.75) is 33.6 Å². The van der Waals surface area contributed by atoms with Gasteiger partial charge in [0, 0.05) is 36.4 Å². The first-order valence-corrected chi connectivity index (χ1v) is 13.9. The van der Waals surface area contributed by atoms with E-state index in [1.165, 1.54) is 24.1 Å². The van der Waals surface area contributed by atoms with Gasteiger partial charge in [0.15, 0.2) is 11.6 Å². The van der Waals surface area contributed by atoms with E-state index in [2.05, 4.69) is 47.0 Å². The molecule has 5 rings (SSSR count). The highest BCUT2D eigenvalue weighted by atomic mass is 16.5. The summed E-state index contributed by atoms with van der Waals surface area (Å²) >= 11 is 0. The van der Waals surface area contributed by atoms with Crippen LogP contribution < -0.4 is 15.8 Å². The second-order valence-electron chi connectivity index (χ2n) is 10.6. The summed E-state index contributed by atoms with van der Waals surface area (Å²) in [6.07, 6.45) is 6.25. The van der Waals surface area contributed by atoms with Crippen LogP contribution in [0.3, 0.4) is 0 Å². The number of anilines is 2. The number of nitrogen functional groups attached to an aromatic ring is 1. The smallest absolute Gasteiger partial charge is 0.291 e. The quantitative estimate of drug-likeness (QED) is 0.0844. The Bertz CT molecular complexity index is 1570. The van der Waals surface area contributed by atoms with E-state index < -0.39 is 5.91 Å². The number of allylic oxidation sites excluding steroid dienone is 2. The predicted molar refractivity (Wildman–Crippen MR) is 170 cm³/mol. The Balaban J connectivity index is 0.000000216. The van der Waals surface area contributed by atoms with Gasteiger partial charge in [-0.3, -0.25) is 15.1 Å². The largest absolute Gasteiger partial charge is 0.451 e. The van der Waals surface area contributed by atoms with Gasteiger partial charge in [-0.1, -0.05) is 48.6 Å². The summed E-state index contributed by atoms with van der Waals surface area (Å²) in [4.78, 5) is 15.2.